The van der Waals surface area contributed by atoms with Gasteiger partial charge < -0.3 is 19.1 Å². The molecular formula is C16H25NO4. The minimum Gasteiger partial charge on any atom is -0.450 e. The first-order chi connectivity index (χ1) is 9.84. The van der Waals surface area contributed by atoms with Crippen LogP contribution in [-0.2, 0) is 14.2 Å². The number of hydrogen-bond acceptors (Lipinski definition) is 4. The molecule has 3 fully saturated rings. The van der Waals surface area contributed by atoms with Crippen molar-refractivity contribution in [1.82, 2.24) is 4.90 Å². The topological polar surface area (TPSA) is 48.0 Å². The highest BCUT2D eigenvalue weighted by Crippen LogP contribution is 2.50. The molecule has 0 radical (unpaired) electrons. The first-order valence-electron chi connectivity index (χ1n) is 7.78. The fraction of sp³-hybridized carbons (Fsp3) is 0.812. The fourth-order valence-corrected chi connectivity index (χ4v) is 4.19. The predicted octanol–water partition coefficient (Wildman–Crippen LogP) is 2.56. The Morgan fingerprint density at radius 3 is 2.76 bits per heavy atom. The Labute approximate surface area is 126 Å². The van der Waals surface area contributed by atoms with E-state index < -0.39 is 5.79 Å². The van der Waals surface area contributed by atoms with Gasteiger partial charge in [0.25, 0.3) is 0 Å². The molecule has 0 spiro atoms. The third-order valence-corrected chi connectivity index (χ3v) is 4.91. The van der Waals surface area contributed by atoms with Gasteiger partial charge in [0, 0.05) is 12.5 Å². The summed E-state index contributed by atoms with van der Waals surface area (Å²) in [6.07, 6.45) is 0.685. The van der Waals surface area contributed by atoms with E-state index in [-0.39, 0.29) is 24.3 Å². The molecule has 5 atom stereocenters. The lowest BCUT2D eigenvalue weighted by atomic mass is 9.87. The van der Waals surface area contributed by atoms with Crippen LogP contribution in [0, 0.1) is 11.8 Å². The molecule has 0 bridgehead atoms. The summed E-state index contributed by atoms with van der Waals surface area (Å²) in [6.45, 7) is 12.9. The van der Waals surface area contributed by atoms with E-state index in [0.29, 0.717) is 25.0 Å². The van der Waals surface area contributed by atoms with E-state index in [9.17, 15) is 4.79 Å². The van der Waals surface area contributed by atoms with Crippen LogP contribution in [0.2, 0.25) is 0 Å². The van der Waals surface area contributed by atoms with Crippen LogP contribution in [-0.4, -0.2) is 48.2 Å². The van der Waals surface area contributed by atoms with Crippen LogP contribution < -0.4 is 0 Å². The van der Waals surface area contributed by atoms with Crippen molar-refractivity contribution >= 4 is 6.09 Å². The molecule has 0 unspecified atom stereocenters. The maximum Gasteiger partial charge on any atom is 0.410 e. The van der Waals surface area contributed by atoms with Crippen molar-refractivity contribution in [2.45, 2.75) is 58.2 Å². The minimum atomic E-state index is -0.568. The lowest BCUT2D eigenvalue weighted by Gasteiger charge is -2.28. The van der Waals surface area contributed by atoms with E-state index in [0.717, 1.165) is 12.0 Å². The zero-order valence-electron chi connectivity index (χ0n) is 13.3. The highest BCUT2D eigenvalue weighted by atomic mass is 16.8. The quantitative estimate of drug-likeness (QED) is 0.735. The Kier molecular flexibility index (Phi) is 3.53. The molecule has 21 heavy (non-hydrogen) atoms. The largest absolute Gasteiger partial charge is 0.450 e. The first kappa shape index (κ1) is 14.9. The van der Waals surface area contributed by atoms with Crippen molar-refractivity contribution in [1.29, 1.82) is 0 Å². The molecule has 3 aliphatic rings. The Bertz CT molecular complexity index is 461. The maximum atomic E-state index is 12.3. The summed E-state index contributed by atoms with van der Waals surface area (Å²) < 4.78 is 17.3. The molecule has 2 aliphatic heterocycles. The van der Waals surface area contributed by atoms with Crippen molar-refractivity contribution in [3.63, 3.8) is 0 Å². The molecule has 0 aromatic rings. The lowest BCUT2D eigenvalue weighted by Crippen LogP contribution is -2.45. The van der Waals surface area contributed by atoms with E-state index in [4.69, 9.17) is 14.2 Å². The zero-order valence-corrected chi connectivity index (χ0v) is 13.3. The summed E-state index contributed by atoms with van der Waals surface area (Å²) in [6, 6.07) is 0.0394. The van der Waals surface area contributed by atoms with Crippen molar-refractivity contribution in [2.75, 3.05) is 13.2 Å². The van der Waals surface area contributed by atoms with E-state index >= 15 is 0 Å². The van der Waals surface area contributed by atoms with Gasteiger partial charge in [0.15, 0.2) is 5.79 Å². The normalized spacial score (nSPS) is 40.0. The SMILES string of the molecule is C=C(C)[C@@H]1CN(C(=O)OCC)[C@@H]2[C@H]1C[C@H]1OC(C)(C)O[C@@H]21. The molecule has 3 rings (SSSR count). The molecule has 5 nitrogen and oxygen atoms in total. The molecule has 2 saturated heterocycles. The smallest absolute Gasteiger partial charge is 0.410 e. The van der Waals surface area contributed by atoms with E-state index in [1.807, 2.05) is 32.6 Å². The minimum absolute atomic E-state index is 0.0394. The van der Waals surface area contributed by atoms with Crippen LogP contribution in [0.25, 0.3) is 0 Å². The van der Waals surface area contributed by atoms with Crippen molar-refractivity contribution < 1.29 is 19.0 Å². The zero-order chi connectivity index (χ0) is 15.4. The van der Waals surface area contributed by atoms with E-state index in [2.05, 4.69) is 6.58 Å². The number of amides is 1. The molecule has 0 aromatic carbocycles. The molecule has 5 heteroatoms. The predicted molar refractivity (Wildman–Crippen MR) is 77.8 cm³/mol. The second-order valence-electron chi connectivity index (χ2n) is 6.83. The summed E-state index contributed by atoms with van der Waals surface area (Å²) in [7, 11) is 0. The highest BCUT2D eigenvalue weighted by Gasteiger charge is 2.61. The fourth-order valence-electron chi connectivity index (χ4n) is 4.19. The number of ether oxygens (including phenoxy) is 3. The van der Waals surface area contributed by atoms with Gasteiger partial charge in [-0.2, -0.15) is 0 Å². The Balaban J connectivity index is 1.86. The van der Waals surface area contributed by atoms with Crippen LogP contribution in [0.1, 0.15) is 34.1 Å². The lowest BCUT2D eigenvalue weighted by molar-refractivity contribution is -0.158. The summed E-state index contributed by atoms with van der Waals surface area (Å²) in [5, 5.41) is 0. The van der Waals surface area contributed by atoms with Gasteiger partial charge in [-0.3, -0.25) is 0 Å². The van der Waals surface area contributed by atoms with Crippen LogP contribution in [0.4, 0.5) is 4.79 Å². The summed E-state index contributed by atoms with van der Waals surface area (Å²) in [5.41, 5.74) is 1.12. The van der Waals surface area contributed by atoms with Gasteiger partial charge >= 0.3 is 6.09 Å². The van der Waals surface area contributed by atoms with Crippen LogP contribution in [0.5, 0.6) is 0 Å². The summed E-state index contributed by atoms with van der Waals surface area (Å²) in [4.78, 5) is 14.1. The van der Waals surface area contributed by atoms with Crippen LogP contribution >= 0.6 is 0 Å². The van der Waals surface area contributed by atoms with E-state index in [1.54, 1.807) is 0 Å². The van der Waals surface area contributed by atoms with E-state index in [1.165, 1.54) is 0 Å². The molecule has 1 saturated carbocycles. The molecule has 0 N–H and O–H groups in total. The van der Waals surface area contributed by atoms with Gasteiger partial charge in [-0.15, -0.1) is 0 Å². The summed E-state index contributed by atoms with van der Waals surface area (Å²) >= 11 is 0. The molecule has 2 heterocycles. The number of rotatable bonds is 2. The monoisotopic (exact) mass is 295 g/mol. The van der Waals surface area contributed by atoms with Gasteiger partial charge in [0.1, 0.15) is 6.10 Å². The average molecular weight is 295 g/mol. The number of carbonyl (C=O) groups excluding carboxylic acids is 1. The van der Waals surface area contributed by atoms with Crippen molar-refractivity contribution in [3.05, 3.63) is 12.2 Å². The van der Waals surface area contributed by atoms with Gasteiger partial charge in [-0.25, -0.2) is 4.79 Å². The molecular weight excluding hydrogens is 270 g/mol. The third kappa shape index (κ3) is 2.36. The number of nitrogens with zero attached hydrogens (tertiary/aromatic N) is 1. The second kappa shape index (κ2) is 4.99. The van der Waals surface area contributed by atoms with Crippen LogP contribution in [0.3, 0.4) is 0 Å². The van der Waals surface area contributed by atoms with Crippen molar-refractivity contribution in [2.24, 2.45) is 11.8 Å². The number of likely N-dealkylation sites (tertiary alicyclic amines) is 1. The number of hydrogen-bond donors (Lipinski definition) is 0. The van der Waals surface area contributed by atoms with Gasteiger partial charge in [0.05, 0.1) is 18.8 Å². The average Bonchev–Trinajstić information content (AvgIpc) is 2.95. The molecule has 1 aliphatic carbocycles. The van der Waals surface area contributed by atoms with Crippen molar-refractivity contribution in [3.8, 4) is 0 Å². The number of fused-ring (bicyclic) bond motifs is 3. The molecule has 118 valence electrons. The second-order valence-corrected chi connectivity index (χ2v) is 6.83. The molecule has 1 amide bonds. The maximum absolute atomic E-state index is 12.3. The Morgan fingerprint density at radius 1 is 1.43 bits per heavy atom. The Morgan fingerprint density at radius 2 is 2.14 bits per heavy atom. The standard InChI is InChI=1S/C16H25NO4/c1-6-19-15(18)17-8-11(9(2)3)10-7-12-14(13(10)17)21-16(4,5)20-12/h10-14H,2,6-8H2,1,3-5H3/t10-,11-,12+,13+,14+/m0/s1. The highest BCUT2D eigenvalue weighted by molar-refractivity contribution is 5.69. The van der Waals surface area contributed by atoms with Gasteiger partial charge in [0.2, 0.25) is 0 Å². The molecule has 0 aromatic heterocycles. The van der Waals surface area contributed by atoms with Gasteiger partial charge in [-0.1, -0.05) is 12.2 Å². The third-order valence-electron chi connectivity index (χ3n) is 4.91. The van der Waals surface area contributed by atoms with Crippen LogP contribution in [0.15, 0.2) is 12.2 Å². The van der Waals surface area contributed by atoms with Gasteiger partial charge in [-0.05, 0) is 40.0 Å². The summed E-state index contributed by atoms with van der Waals surface area (Å²) in [5.74, 6) is 0.0976. The Hall–Kier alpha value is -1.07. The first-order valence-corrected chi connectivity index (χ1v) is 7.78. The number of carbonyl (C=O) groups is 1.